The quantitative estimate of drug-likeness (QED) is 0.833. The van der Waals surface area contributed by atoms with Gasteiger partial charge in [-0.15, -0.1) is 0 Å². The van der Waals surface area contributed by atoms with Crippen molar-refractivity contribution in [1.29, 1.82) is 0 Å². The Balaban J connectivity index is 2.98. The number of halogens is 2. The summed E-state index contributed by atoms with van der Waals surface area (Å²) < 4.78 is 1.76. The van der Waals surface area contributed by atoms with Crippen molar-refractivity contribution >= 4 is 31.9 Å². The summed E-state index contributed by atoms with van der Waals surface area (Å²) >= 11 is 6.61. The van der Waals surface area contributed by atoms with Crippen molar-refractivity contribution in [2.45, 2.75) is 19.8 Å². The Labute approximate surface area is 76.7 Å². The lowest BCUT2D eigenvalue weighted by atomic mass is 10.2. The van der Waals surface area contributed by atoms with Crippen LogP contribution in [0.25, 0.3) is 0 Å². The van der Waals surface area contributed by atoms with Crippen LogP contribution in [0.5, 0.6) is 0 Å². The maximum absolute atomic E-state index is 4.22. The summed E-state index contributed by atoms with van der Waals surface area (Å²) in [6.07, 6.45) is 0. The number of hydrogen-bond donors (Lipinski definition) is 1. The van der Waals surface area contributed by atoms with Gasteiger partial charge in [-0.3, -0.25) is 0 Å². The zero-order valence-corrected chi connectivity index (χ0v) is 8.95. The molecule has 0 aromatic carbocycles. The van der Waals surface area contributed by atoms with Gasteiger partial charge in [0.15, 0.2) is 0 Å². The molecule has 1 N–H and O–H groups in total. The van der Waals surface area contributed by atoms with E-state index in [-0.39, 0.29) is 0 Å². The van der Waals surface area contributed by atoms with Crippen molar-refractivity contribution < 1.29 is 0 Å². The Morgan fingerprint density at radius 1 is 1.40 bits per heavy atom. The van der Waals surface area contributed by atoms with E-state index in [0.29, 0.717) is 5.92 Å². The van der Waals surface area contributed by atoms with Crippen LogP contribution in [0, 0.1) is 0 Å². The molecule has 0 saturated carbocycles. The highest BCUT2D eigenvalue weighted by molar-refractivity contribution is 9.13. The lowest BCUT2D eigenvalue weighted by Gasteiger charge is -1.95. The van der Waals surface area contributed by atoms with Crippen LogP contribution >= 0.6 is 31.9 Å². The molecule has 0 saturated heterocycles. The number of aromatic nitrogens is 2. The van der Waals surface area contributed by atoms with Crippen molar-refractivity contribution in [3.63, 3.8) is 0 Å². The highest BCUT2D eigenvalue weighted by atomic mass is 79.9. The second kappa shape index (κ2) is 3.05. The molecule has 4 heteroatoms. The second-order valence-electron chi connectivity index (χ2n) is 2.38. The van der Waals surface area contributed by atoms with Gasteiger partial charge in [0, 0.05) is 5.92 Å². The van der Waals surface area contributed by atoms with Gasteiger partial charge in [-0.05, 0) is 31.9 Å². The number of nitrogens with one attached hydrogen (secondary N) is 1. The minimum atomic E-state index is 0.447. The van der Waals surface area contributed by atoms with Crippen molar-refractivity contribution in [1.82, 2.24) is 9.97 Å². The average Bonchev–Trinajstić information content (AvgIpc) is 2.13. The van der Waals surface area contributed by atoms with E-state index in [1.165, 1.54) is 0 Å². The molecule has 0 spiro atoms. The lowest BCUT2D eigenvalue weighted by molar-refractivity contribution is 0.791. The van der Waals surface area contributed by atoms with Gasteiger partial charge in [0.1, 0.15) is 15.0 Å². The third-order valence-electron chi connectivity index (χ3n) is 1.18. The predicted molar refractivity (Wildman–Crippen MR) is 48.1 cm³/mol. The SMILES string of the molecule is CC(C)c1nc(Br)c(Br)[nH]1. The van der Waals surface area contributed by atoms with Crippen LogP contribution < -0.4 is 0 Å². The van der Waals surface area contributed by atoms with E-state index in [2.05, 4.69) is 55.7 Å². The Bertz CT molecular complexity index is 210. The van der Waals surface area contributed by atoms with Gasteiger partial charge in [0.2, 0.25) is 0 Å². The minimum Gasteiger partial charge on any atom is -0.336 e. The number of H-pyrrole nitrogens is 1. The van der Waals surface area contributed by atoms with Crippen LogP contribution in [0.2, 0.25) is 0 Å². The topological polar surface area (TPSA) is 28.7 Å². The molecule has 0 fully saturated rings. The molecule has 0 unspecified atom stereocenters. The average molecular weight is 268 g/mol. The summed E-state index contributed by atoms with van der Waals surface area (Å²) in [5.41, 5.74) is 0. The first-order valence-corrected chi connectivity index (χ1v) is 4.60. The fourth-order valence-corrected chi connectivity index (χ4v) is 1.20. The van der Waals surface area contributed by atoms with E-state index in [4.69, 9.17) is 0 Å². The van der Waals surface area contributed by atoms with Crippen molar-refractivity contribution in [2.24, 2.45) is 0 Å². The zero-order valence-electron chi connectivity index (χ0n) is 5.78. The van der Waals surface area contributed by atoms with Gasteiger partial charge in [-0.25, -0.2) is 4.98 Å². The first kappa shape index (κ1) is 8.27. The Morgan fingerprint density at radius 2 is 2.00 bits per heavy atom. The first-order valence-electron chi connectivity index (χ1n) is 3.02. The molecule has 0 aliphatic heterocycles. The highest BCUT2D eigenvalue weighted by Gasteiger charge is 2.06. The molecule has 10 heavy (non-hydrogen) atoms. The smallest absolute Gasteiger partial charge is 0.138 e. The molecule has 0 atom stereocenters. The van der Waals surface area contributed by atoms with Crippen LogP contribution in [-0.2, 0) is 0 Å². The van der Waals surface area contributed by atoms with Crippen LogP contribution in [0.1, 0.15) is 25.6 Å². The standard InChI is InChI=1S/C6H8Br2N2/c1-3(2)6-9-4(7)5(8)10-6/h3H,1-2H3,(H,9,10). The molecular weight excluding hydrogens is 260 g/mol. The van der Waals surface area contributed by atoms with E-state index in [9.17, 15) is 0 Å². The summed E-state index contributed by atoms with van der Waals surface area (Å²) in [4.78, 5) is 7.33. The number of hydrogen-bond acceptors (Lipinski definition) is 1. The Kier molecular flexibility index (Phi) is 2.52. The third-order valence-corrected chi connectivity index (χ3v) is 2.86. The highest BCUT2D eigenvalue weighted by Crippen LogP contribution is 2.22. The van der Waals surface area contributed by atoms with Gasteiger partial charge in [0.05, 0.1) is 0 Å². The summed E-state index contributed by atoms with van der Waals surface area (Å²) in [6.45, 7) is 4.19. The van der Waals surface area contributed by atoms with E-state index >= 15 is 0 Å². The molecule has 1 rings (SSSR count). The van der Waals surface area contributed by atoms with E-state index in [1.54, 1.807) is 0 Å². The van der Waals surface area contributed by atoms with Crippen molar-refractivity contribution in [2.75, 3.05) is 0 Å². The normalized spacial score (nSPS) is 10.9. The molecule has 0 bridgehead atoms. The molecule has 2 nitrogen and oxygen atoms in total. The fourth-order valence-electron chi connectivity index (χ4n) is 0.620. The number of aromatic amines is 1. The largest absolute Gasteiger partial charge is 0.336 e. The van der Waals surface area contributed by atoms with E-state index in [0.717, 1.165) is 15.0 Å². The van der Waals surface area contributed by atoms with E-state index in [1.807, 2.05) is 0 Å². The molecule has 0 aliphatic rings. The van der Waals surface area contributed by atoms with Gasteiger partial charge < -0.3 is 4.98 Å². The molecule has 1 aromatic rings. The second-order valence-corrected chi connectivity index (χ2v) is 3.93. The van der Waals surface area contributed by atoms with Crippen LogP contribution in [-0.4, -0.2) is 9.97 Å². The van der Waals surface area contributed by atoms with Gasteiger partial charge in [-0.2, -0.15) is 0 Å². The van der Waals surface area contributed by atoms with Gasteiger partial charge in [0.25, 0.3) is 0 Å². The first-order chi connectivity index (χ1) is 4.61. The predicted octanol–water partition coefficient (Wildman–Crippen LogP) is 3.06. The molecule has 56 valence electrons. The lowest BCUT2D eigenvalue weighted by Crippen LogP contribution is -1.88. The summed E-state index contributed by atoms with van der Waals surface area (Å²) in [6, 6.07) is 0. The van der Waals surface area contributed by atoms with Crippen molar-refractivity contribution in [3.05, 3.63) is 15.0 Å². The zero-order chi connectivity index (χ0) is 7.72. The number of rotatable bonds is 1. The summed E-state index contributed by atoms with van der Waals surface area (Å²) in [5, 5.41) is 0. The molecule has 0 aliphatic carbocycles. The third kappa shape index (κ3) is 1.61. The molecule has 0 radical (unpaired) electrons. The number of nitrogens with zero attached hydrogens (tertiary/aromatic N) is 1. The van der Waals surface area contributed by atoms with Crippen LogP contribution in [0.15, 0.2) is 9.21 Å². The van der Waals surface area contributed by atoms with Gasteiger partial charge >= 0.3 is 0 Å². The minimum absolute atomic E-state index is 0.447. The van der Waals surface area contributed by atoms with Crippen molar-refractivity contribution in [3.8, 4) is 0 Å². The molecule has 1 aromatic heterocycles. The van der Waals surface area contributed by atoms with Crippen LogP contribution in [0.4, 0.5) is 0 Å². The molecule has 1 heterocycles. The summed E-state index contributed by atoms with van der Waals surface area (Å²) in [7, 11) is 0. The maximum atomic E-state index is 4.22. The fraction of sp³-hybridized carbons (Fsp3) is 0.500. The molecule has 0 amide bonds. The van der Waals surface area contributed by atoms with Gasteiger partial charge in [-0.1, -0.05) is 13.8 Å². The molecular formula is C6H8Br2N2. The monoisotopic (exact) mass is 266 g/mol. The van der Waals surface area contributed by atoms with E-state index < -0.39 is 0 Å². The summed E-state index contributed by atoms with van der Waals surface area (Å²) in [5.74, 6) is 1.45. The Morgan fingerprint density at radius 3 is 2.20 bits per heavy atom. The number of imidazole rings is 1. The van der Waals surface area contributed by atoms with Crippen LogP contribution in [0.3, 0.4) is 0 Å². The maximum Gasteiger partial charge on any atom is 0.138 e. The Hall–Kier alpha value is 0.170.